The fourth-order valence-electron chi connectivity index (χ4n) is 4.03. The fraction of sp³-hybridized carbons (Fsp3) is 0.261. The van der Waals surface area contributed by atoms with Crippen LogP contribution in [0, 0.1) is 5.82 Å². The molecule has 3 N–H and O–H groups in total. The molecule has 1 aliphatic heterocycles. The molecule has 0 bridgehead atoms. The van der Waals surface area contributed by atoms with E-state index >= 15 is 0 Å². The van der Waals surface area contributed by atoms with E-state index in [0.717, 1.165) is 0 Å². The van der Waals surface area contributed by atoms with Crippen LogP contribution in [-0.2, 0) is 4.79 Å². The minimum absolute atomic E-state index is 0.0208. The summed E-state index contributed by atoms with van der Waals surface area (Å²) >= 11 is 0. The third kappa shape index (κ3) is 3.66. The number of piperazine rings is 1. The summed E-state index contributed by atoms with van der Waals surface area (Å²) in [4.78, 5) is 44.6. The Balaban J connectivity index is 1.51. The van der Waals surface area contributed by atoms with Crippen molar-refractivity contribution in [3.8, 4) is 5.75 Å². The van der Waals surface area contributed by atoms with Crippen LogP contribution in [0.25, 0.3) is 10.9 Å². The molecule has 0 spiro atoms. The van der Waals surface area contributed by atoms with Gasteiger partial charge in [0.15, 0.2) is 0 Å². The smallest absolute Gasteiger partial charge is 0.295 e. The predicted octanol–water partition coefficient (Wildman–Crippen LogP) is 2.45. The first-order valence-electron chi connectivity index (χ1n) is 10.2. The molecule has 2 aromatic carbocycles. The largest absolute Gasteiger partial charge is 0.495 e. The van der Waals surface area contributed by atoms with Gasteiger partial charge in [-0.2, -0.15) is 0 Å². The Kier molecular flexibility index (Phi) is 5.56. The Morgan fingerprint density at radius 3 is 2.50 bits per heavy atom. The van der Waals surface area contributed by atoms with Crippen LogP contribution in [0.4, 0.5) is 10.1 Å². The third-order valence-corrected chi connectivity index (χ3v) is 5.74. The van der Waals surface area contributed by atoms with Gasteiger partial charge in [-0.15, -0.1) is 0 Å². The molecule has 3 aromatic rings. The summed E-state index contributed by atoms with van der Waals surface area (Å²) < 4.78 is 19.7. The number of anilines is 1. The number of nitrogens with one attached hydrogen (secondary N) is 1. The zero-order valence-corrected chi connectivity index (χ0v) is 17.7. The third-order valence-electron chi connectivity index (χ3n) is 5.74. The van der Waals surface area contributed by atoms with Crippen LogP contribution >= 0.6 is 0 Å². The lowest BCUT2D eigenvalue weighted by molar-refractivity contribution is -0.130. The molecule has 1 aliphatic rings. The minimum atomic E-state index is -0.812. The van der Waals surface area contributed by atoms with E-state index in [-0.39, 0.29) is 42.5 Å². The first-order valence-corrected chi connectivity index (χ1v) is 10.2. The topological polar surface area (TPSA) is 109 Å². The molecule has 1 fully saturated rings. The SMILES string of the molecule is COc1ccc(F)c2c(C(=O)C(=O)N3CCN(C(=O)c4ccc(N)cc4)C[C@H]3C)c[nH]c12. The molecule has 1 aromatic heterocycles. The number of halogens is 1. The summed E-state index contributed by atoms with van der Waals surface area (Å²) in [6.45, 7) is 2.52. The number of benzene rings is 2. The van der Waals surface area contributed by atoms with E-state index in [1.165, 1.54) is 30.3 Å². The summed E-state index contributed by atoms with van der Waals surface area (Å²) in [5.74, 6) is -1.96. The quantitative estimate of drug-likeness (QED) is 0.370. The van der Waals surface area contributed by atoms with Gasteiger partial charge in [-0.3, -0.25) is 14.4 Å². The van der Waals surface area contributed by atoms with E-state index in [1.807, 2.05) is 0 Å². The van der Waals surface area contributed by atoms with E-state index in [0.29, 0.717) is 22.5 Å². The Morgan fingerprint density at radius 2 is 1.84 bits per heavy atom. The number of H-pyrrole nitrogens is 1. The Bertz CT molecular complexity index is 1200. The second-order valence-electron chi connectivity index (χ2n) is 7.75. The van der Waals surface area contributed by atoms with E-state index in [4.69, 9.17) is 10.5 Å². The van der Waals surface area contributed by atoms with Crippen molar-refractivity contribution in [3.05, 3.63) is 59.5 Å². The van der Waals surface area contributed by atoms with Crippen molar-refractivity contribution in [2.24, 2.45) is 0 Å². The summed E-state index contributed by atoms with van der Waals surface area (Å²) in [5.41, 5.74) is 7.01. The first kappa shape index (κ1) is 21.4. The molecule has 166 valence electrons. The van der Waals surface area contributed by atoms with E-state index < -0.39 is 17.5 Å². The van der Waals surface area contributed by atoms with Gasteiger partial charge in [-0.25, -0.2) is 4.39 Å². The highest BCUT2D eigenvalue weighted by atomic mass is 19.1. The van der Waals surface area contributed by atoms with Crippen molar-refractivity contribution >= 4 is 34.2 Å². The number of hydrogen-bond donors (Lipinski definition) is 2. The molecule has 1 saturated heterocycles. The van der Waals surface area contributed by atoms with Crippen LogP contribution < -0.4 is 10.5 Å². The van der Waals surface area contributed by atoms with Crippen molar-refractivity contribution in [2.75, 3.05) is 32.5 Å². The van der Waals surface area contributed by atoms with Crippen LogP contribution in [0.1, 0.15) is 27.6 Å². The number of carbonyl (C=O) groups is 3. The van der Waals surface area contributed by atoms with Crippen LogP contribution in [0.5, 0.6) is 5.75 Å². The maximum absolute atomic E-state index is 14.5. The number of carbonyl (C=O) groups excluding carboxylic acids is 3. The molecule has 9 heteroatoms. The number of ketones is 1. The van der Waals surface area contributed by atoms with E-state index in [1.54, 1.807) is 36.1 Å². The molecule has 8 nitrogen and oxygen atoms in total. The normalized spacial score (nSPS) is 16.3. The highest BCUT2D eigenvalue weighted by Crippen LogP contribution is 2.30. The summed E-state index contributed by atoms with van der Waals surface area (Å²) in [6.07, 6.45) is 1.32. The number of nitrogens with zero attached hydrogens (tertiary/aromatic N) is 2. The number of rotatable bonds is 4. The minimum Gasteiger partial charge on any atom is -0.495 e. The zero-order chi connectivity index (χ0) is 23.0. The van der Waals surface area contributed by atoms with Crippen molar-refractivity contribution < 1.29 is 23.5 Å². The van der Waals surface area contributed by atoms with Crippen LogP contribution in [0.3, 0.4) is 0 Å². The number of aromatic nitrogens is 1. The van der Waals surface area contributed by atoms with Crippen molar-refractivity contribution in [3.63, 3.8) is 0 Å². The number of ether oxygens (including phenoxy) is 1. The van der Waals surface area contributed by atoms with Crippen LogP contribution in [-0.4, -0.2) is 65.2 Å². The fourth-order valence-corrected chi connectivity index (χ4v) is 4.03. The lowest BCUT2D eigenvalue weighted by Crippen LogP contribution is -2.56. The predicted molar refractivity (Wildman–Crippen MR) is 117 cm³/mol. The van der Waals surface area contributed by atoms with Crippen molar-refractivity contribution in [1.29, 1.82) is 0 Å². The van der Waals surface area contributed by atoms with Gasteiger partial charge in [-0.05, 0) is 43.3 Å². The highest BCUT2D eigenvalue weighted by molar-refractivity contribution is 6.45. The van der Waals surface area contributed by atoms with Crippen molar-refractivity contribution in [1.82, 2.24) is 14.8 Å². The van der Waals surface area contributed by atoms with Gasteiger partial charge in [0.25, 0.3) is 17.6 Å². The lowest BCUT2D eigenvalue weighted by Gasteiger charge is -2.39. The lowest BCUT2D eigenvalue weighted by atomic mass is 10.1. The van der Waals surface area contributed by atoms with Gasteiger partial charge in [0.2, 0.25) is 0 Å². The number of Topliss-reactive ketones (excluding diaryl/α,β-unsaturated/α-hetero) is 1. The second-order valence-corrected chi connectivity index (χ2v) is 7.75. The monoisotopic (exact) mass is 438 g/mol. The first-order chi connectivity index (χ1) is 15.3. The maximum Gasteiger partial charge on any atom is 0.295 e. The summed E-state index contributed by atoms with van der Waals surface area (Å²) in [6, 6.07) is 8.88. The molecule has 2 amide bonds. The number of aromatic amines is 1. The van der Waals surface area contributed by atoms with Gasteiger partial charge >= 0.3 is 0 Å². The number of hydrogen-bond acceptors (Lipinski definition) is 5. The summed E-state index contributed by atoms with van der Waals surface area (Å²) in [5, 5.41) is 0.0208. The Morgan fingerprint density at radius 1 is 1.12 bits per heavy atom. The molecule has 0 unspecified atom stereocenters. The molecular formula is C23H23FN4O4. The molecule has 2 heterocycles. The van der Waals surface area contributed by atoms with Gasteiger partial charge in [-0.1, -0.05) is 0 Å². The molecule has 0 aliphatic carbocycles. The number of fused-ring (bicyclic) bond motifs is 1. The molecule has 0 saturated carbocycles. The zero-order valence-electron chi connectivity index (χ0n) is 17.7. The average molecular weight is 438 g/mol. The van der Waals surface area contributed by atoms with Gasteiger partial charge in [0, 0.05) is 43.1 Å². The highest BCUT2D eigenvalue weighted by Gasteiger charge is 2.34. The standard InChI is InChI=1S/C23H23FN4O4/c1-13-12-27(22(30)14-3-5-15(25)6-4-14)9-10-28(13)23(31)21(29)16-11-26-20-18(32-2)8-7-17(24)19(16)20/h3-8,11,13,26H,9-10,12,25H2,1-2H3/t13-/m1/s1. The molecule has 0 radical (unpaired) electrons. The number of nitrogens with two attached hydrogens (primary N) is 1. The van der Waals surface area contributed by atoms with Gasteiger partial charge in [0.05, 0.1) is 23.6 Å². The van der Waals surface area contributed by atoms with Gasteiger partial charge < -0.3 is 25.3 Å². The average Bonchev–Trinajstić information content (AvgIpc) is 3.24. The number of amides is 2. The van der Waals surface area contributed by atoms with E-state index in [2.05, 4.69) is 4.98 Å². The van der Waals surface area contributed by atoms with E-state index in [9.17, 15) is 18.8 Å². The van der Waals surface area contributed by atoms with Crippen molar-refractivity contribution in [2.45, 2.75) is 13.0 Å². The summed E-state index contributed by atoms with van der Waals surface area (Å²) in [7, 11) is 1.44. The Hall–Kier alpha value is -3.88. The second kappa shape index (κ2) is 8.33. The molecule has 32 heavy (non-hydrogen) atoms. The van der Waals surface area contributed by atoms with Crippen LogP contribution in [0.15, 0.2) is 42.6 Å². The Labute approximate surface area is 183 Å². The molecule has 1 atom stereocenters. The van der Waals surface area contributed by atoms with Gasteiger partial charge in [0.1, 0.15) is 11.6 Å². The van der Waals surface area contributed by atoms with Crippen LogP contribution in [0.2, 0.25) is 0 Å². The maximum atomic E-state index is 14.5. The molecule has 4 rings (SSSR count). The number of methoxy groups -OCH3 is 1. The molecular weight excluding hydrogens is 415 g/mol. The number of nitrogen functional groups attached to an aromatic ring is 1.